The highest BCUT2D eigenvalue weighted by molar-refractivity contribution is 7.89. The molecule has 0 amide bonds. The van der Waals surface area contributed by atoms with E-state index >= 15 is 0 Å². The number of primary sulfonamides is 1. The van der Waals surface area contributed by atoms with Gasteiger partial charge in [-0.05, 0) is 31.7 Å². The molecule has 0 spiro atoms. The van der Waals surface area contributed by atoms with Crippen molar-refractivity contribution in [1.29, 1.82) is 0 Å². The lowest BCUT2D eigenvalue weighted by Crippen LogP contribution is -2.51. The molecule has 148 valence electrons. The summed E-state index contributed by atoms with van der Waals surface area (Å²) >= 11 is 0. The van der Waals surface area contributed by atoms with Crippen molar-refractivity contribution in [2.24, 2.45) is 5.14 Å². The lowest BCUT2D eigenvalue weighted by molar-refractivity contribution is -0.137. The summed E-state index contributed by atoms with van der Waals surface area (Å²) < 4.78 is 62.5. The summed E-state index contributed by atoms with van der Waals surface area (Å²) in [5.41, 5.74) is -1.18. The maximum absolute atomic E-state index is 13.3. The summed E-state index contributed by atoms with van der Waals surface area (Å²) in [4.78, 5) is 3.99. The number of benzene rings is 1. The predicted molar refractivity (Wildman–Crippen MR) is 94.5 cm³/mol. The molecular formula is C16H25F3N4O2S. The number of sulfonamides is 1. The van der Waals surface area contributed by atoms with Gasteiger partial charge in [0.15, 0.2) is 0 Å². The molecule has 0 bridgehead atoms. The largest absolute Gasteiger partial charge is 0.418 e. The maximum Gasteiger partial charge on any atom is 0.418 e. The number of hydrogen-bond acceptors (Lipinski definition) is 5. The molecule has 0 aliphatic carbocycles. The predicted octanol–water partition coefficient (Wildman–Crippen LogP) is 1.79. The molecule has 1 aromatic rings. The van der Waals surface area contributed by atoms with Crippen LogP contribution < -0.4 is 10.5 Å². The standard InChI is InChI=1S/C16H25F3N4O2S/c1-3-22-6-8-23(9-7-22)12(2)11-21-15-5-4-13(26(20,24)25)10-14(15)16(17,18)19/h4-5,10,12,21H,3,6-9,11H2,1-2H3,(H2,20,24,25). The van der Waals surface area contributed by atoms with E-state index in [1.54, 1.807) is 0 Å². The van der Waals surface area contributed by atoms with Crippen LogP contribution in [0.15, 0.2) is 23.1 Å². The van der Waals surface area contributed by atoms with Crippen molar-refractivity contribution < 1.29 is 21.6 Å². The number of hydrogen-bond donors (Lipinski definition) is 2. The fourth-order valence-corrected chi connectivity index (χ4v) is 3.54. The molecule has 10 heteroatoms. The third-order valence-corrected chi connectivity index (χ3v) is 5.60. The van der Waals surface area contributed by atoms with E-state index in [1.165, 1.54) is 0 Å². The van der Waals surface area contributed by atoms with Crippen molar-refractivity contribution in [3.8, 4) is 0 Å². The highest BCUT2D eigenvalue weighted by Gasteiger charge is 2.35. The molecule has 26 heavy (non-hydrogen) atoms. The highest BCUT2D eigenvalue weighted by Crippen LogP contribution is 2.36. The van der Waals surface area contributed by atoms with Crippen LogP contribution in [0, 0.1) is 0 Å². The van der Waals surface area contributed by atoms with E-state index in [0.29, 0.717) is 12.6 Å². The molecule has 1 heterocycles. The van der Waals surface area contributed by atoms with E-state index in [2.05, 4.69) is 22.0 Å². The molecule has 2 rings (SSSR count). The molecule has 1 atom stereocenters. The maximum atomic E-state index is 13.3. The van der Waals surface area contributed by atoms with E-state index in [4.69, 9.17) is 5.14 Å². The van der Waals surface area contributed by atoms with Crippen LogP contribution in [0.3, 0.4) is 0 Å². The van der Waals surface area contributed by atoms with Gasteiger partial charge in [0, 0.05) is 44.5 Å². The Kier molecular flexibility index (Phi) is 6.54. The Labute approximate surface area is 152 Å². The second kappa shape index (κ2) is 8.12. The van der Waals surface area contributed by atoms with Gasteiger partial charge in [-0.25, -0.2) is 13.6 Å². The van der Waals surface area contributed by atoms with Gasteiger partial charge >= 0.3 is 6.18 Å². The van der Waals surface area contributed by atoms with Gasteiger partial charge in [0.05, 0.1) is 10.5 Å². The molecule has 1 aliphatic rings. The van der Waals surface area contributed by atoms with Crippen LogP contribution >= 0.6 is 0 Å². The van der Waals surface area contributed by atoms with Crippen molar-refractivity contribution in [3.05, 3.63) is 23.8 Å². The number of likely N-dealkylation sites (N-methyl/N-ethyl adjacent to an activating group) is 1. The van der Waals surface area contributed by atoms with Gasteiger partial charge in [0.25, 0.3) is 0 Å². The van der Waals surface area contributed by atoms with Gasteiger partial charge in [-0.2, -0.15) is 13.2 Å². The average Bonchev–Trinajstić information content (AvgIpc) is 2.58. The summed E-state index contributed by atoms with van der Waals surface area (Å²) in [6.45, 7) is 9.00. The van der Waals surface area contributed by atoms with Crippen LogP contribution in [-0.4, -0.2) is 63.5 Å². The smallest absolute Gasteiger partial charge is 0.383 e. The minimum absolute atomic E-state index is 0.0491. The van der Waals surface area contributed by atoms with Gasteiger partial charge in [-0.3, -0.25) is 4.90 Å². The lowest BCUT2D eigenvalue weighted by atomic mass is 10.1. The van der Waals surface area contributed by atoms with Crippen LogP contribution in [0.25, 0.3) is 0 Å². The Morgan fingerprint density at radius 1 is 1.23 bits per heavy atom. The third-order valence-electron chi connectivity index (χ3n) is 4.69. The third kappa shape index (κ3) is 5.32. The van der Waals surface area contributed by atoms with Gasteiger partial charge in [-0.1, -0.05) is 6.92 Å². The zero-order chi connectivity index (χ0) is 19.5. The Bertz CT molecular complexity index is 717. The summed E-state index contributed by atoms with van der Waals surface area (Å²) in [5.74, 6) is 0. The summed E-state index contributed by atoms with van der Waals surface area (Å²) in [5, 5.41) is 7.75. The lowest BCUT2D eigenvalue weighted by Gasteiger charge is -2.37. The van der Waals surface area contributed by atoms with E-state index in [1.807, 2.05) is 6.92 Å². The number of halogens is 3. The first kappa shape index (κ1) is 20.9. The zero-order valence-corrected chi connectivity index (χ0v) is 15.7. The summed E-state index contributed by atoms with van der Waals surface area (Å²) in [7, 11) is -4.20. The molecule has 0 aromatic heterocycles. The van der Waals surface area contributed by atoms with Crippen molar-refractivity contribution >= 4 is 15.7 Å². The first-order valence-corrected chi connectivity index (χ1v) is 10.0. The second-order valence-electron chi connectivity index (χ2n) is 6.45. The molecule has 1 aliphatic heterocycles. The topological polar surface area (TPSA) is 78.7 Å². The minimum Gasteiger partial charge on any atom is -0.383 e. The van der Waals surface area contributed by atoms with Crippen LogP contribution in [0.2, 0.25) is 0 Å². The number of alkyl halides is 3. The SMILES string of the molecule is CCN1CCN(C(C)CNc2ccc(S(N)(=O)=O)cc2C(F)(F)F)CC1. The van der Waals surface area contributed by atoms with Crippen LogP contribution in [0.1, 0.15) is 19.4 Å². The fraction of sp³-hybridized carbons (Fsp3) is 0.625. The second-order valence-corrected chi connectivity index (χ2v) is 8.01. The van der Waals surface area contributed by atoms with Crippen LogP contribution in [-0.2, 0) is 16.2 Å². The van der Waals surface area contributed by atoms with E-state index in [9.17, 15) is 21.6 Å². The fourth-order valence-electron chi connectivity index (χ4n) is 3.00. The molecular weight excluding hydrogens is 369 g/mol. The number of nitrogens with two attached hydrogens (primary N) is 1. The van der Waals surface area contributed by atoms with Gasteiger partial charge < -0.3 is 10.2 Å². The molecule has 0 radical (unpaired) electrons. The quantitative estimate of drug-likeness (QED) is 0.769. The molecule has 1 aromatic carbocycles. The first-order valence-electron chi connectivity index (χ1n) is 8.46. The van der Waals surface area contributed by atoms with Crippen LogP contribution in [0.4, 0.5) is 18.9 Å². The van der Waals surface area contributed by atoms with Crippen molar-refractivity contribution in [3.63, 3.8) is 0 Å². The van der Waals surface area contributed by atoms with Crippen molar-refractivity contribution in [1.82, 2.24) is 9.80 Å². The molecule has 3 N–H and O–H groups in total. The number of nitrogens with zero attached hydrogens (tertiary/aromatic N) is 2. The first-order chi connectivity index (χ1) is 12.0. The molecule has 1 unspecified atom stereocenters. The normalized spacial score (nSPS) is 18.7. The number of rotatable bonds is 6. The van der Waals surface area contributed by atoms with E-state index in [0.717, 1.165) is 44.9 Å². The van der Waals surface area contributed by atoms with Gasteiger partial charge in [-0.15, -0.1) is 0 Å². The number of anilines is 1. The van der Waals surface area contributed by atoms with Gasteiger partial charge in [0.2, 0.25) is 10.0 Å². The van der Waals surface area contributed by atoms with Crippen LogP contribution in [0.5, 0.6) is 0 Å². The highest BCUT2D eigenvalue weighted by atomic mass is 32.2. The zero-order valence-electron chi connectivity index (χ0n) is 14.9. The Balaban J connectivity index is 2.09. The number of piperazine rings is 1. The molecule has 1 saturated heterocycles. The average molecular weight is 394 g/mol. The van der Waals surface area contributed by atoms with Gasteiger partial charge in [0.1, 0.15) is 0 Å². The molecule has 1 fully saturated rings. The molecule has 6 nitrogen and oxygen atoms in total. The van der Waals surface area contributed by atoms with E-state index < -0.39 is 26.7 Å². The Hall–Kier alpha value is -1.36. The van der Waals surface area contributed by atoms with Crippen molar-refractivity contribution in [2.75, 3.05) is 44.6 Å². The Morgan fingerprint density at radius 3 is 2.35 bits per heavy atom. The molecule has 0 saturated carbocycles. The minimum atomic E-state index is -4.68. The van der Waals surface area contributed by atoms with Crippen molar-refractivity contribution in [2.45, 2.75) is 31.0 Å². The Morgan fingerprint density at radius 2 is 1.85 bits per heavy atom. The van der Waals surface area contributed by atoms with E-state index in [-0.39, 0.29) is 11.7 Å². The number of nitrogens with one attached hydrogen (secondary N) is 1. The summed E-state index contributed by atoms with van der Waals surface area (Å²) in [6.07, 6.45) is -4.68. The summed E-state index contributed by atoms with van der Waals surface area (Å²) in [6, 6.07) is 2.82. The monoisotopic (exact) mass is 394 g/mol.